The van der Waals surface area contributed by atoms with Crippen LogP contribution in [0.3, 0.4) is 0 Å². The zero-order valence-corrected chi connectivity index (χ0v) is 24.3. The van der Waals surface area contributed by atoms with Crippen molar-refractivity contribution in [2.75, 3.05) is 7.15 Å². The van der Waals surface area contributed by atoms with Gasteiger partial charge in [0, 0.05) is 45.0 Å². The molecule has 0 atom stereocenters. The molecule has 0 aliphatic heterocycles. The van der Waals surface area contributed by atoms with Crippen molar-refractivity contribution in [1.29, 1.82) is 10.5 Å². The van der Waals surface area contributed by atoms with E-state index in [2.05, 4.69) is 35.9 Å². The summed E-state index contributed by atoms with van der Waals surface area (Å²) in [6, 6.07) is 17.3. The van der Waals surface area contributed by atoms with Gasteiger partial charge in [0.2, 0.25) is 11.6 Å². The summed E-state index contributed by atoms with van der Waals surface area (Å²) in [6.45, 7) is 4.75. The van der Waals surface area contributed by atoms with Crippen LogP contribution in [0.1, 0.15) is 37.8 Å². The first-order chi connectivity index (χ1) is 19.5. The molecule has 0 unspecified atom stereocenters. The van der Waals surface area contributed by atoms with Gasteiger partial charge in [-0.05, 0) is 28.1 Å². The summed E-state index contributed by atoms with van der Waals surface area (Å²) in [5, 5.41) is 21.0. The fourth-order valence-corrected chi connectivity index (χ4v) is 5.44. The summed E-state index contributed by atoms with van der Waals surface area (Å²) >= 11 is 5.79. The number of rotatable bonds is 4. The second-order valence-electron chi connectivity index (χ2n) is 7.28. The van der Waals surface area contributed by atoms with E-state index in [0.717, 1.165) is 21.8 Å². The predicted octanol–water partition coefficient (Wildman–Crippen LogP) is 7.02. The van der Waals surface area contributed by atoms with Gasteiger partial charge in [0.15, 0.2) is 15.7 Å². The molecule has 0 aliphatic carbocycles. The number of halogens is 2. The Kier molecular flexibility index (Phi) is 11.9. The number of nitriles is 1. The van der Waals surface area contributed by atoms with E-state index in [1.807, 2.05) is 60.0 Å². The Morgan fingerprint density at radius 2 is 1.38 bits per heavy atom. The molecule has 0 radical (unpaired) electrons. The first-order valence-electron chi connectivity index (χ1n) is 11.4. The maximum atomic E-state index is 12.3. The monoisotopic (exact) mass is 683 g/mol. The van der Waals surface area contributed by atoms with Crippen LogP contribution in [0, 0.1) is 23.2 Å². The molecule has 6 rings (SSSR count). The molecule has 4 aromatic heterocycles. The van der Waals surface area contributed by atoms with Gasteiger partial charge in [0.1, 0.15) is 10.7 Å². The molecule has 0 aliphatic rings. The van der Waals surface area contributed by atoms with Crippen molar-refractivity contribution in [2.45, 2.75) is 0 Å². The minimum atomic E-state index is -1.00. The second-order valence-corrected chi connectivity index (χ2v) is 9.81. The van der Waals surface area contributed by atoms with Crippen LogP contribution in [0.4, 0.5) is 4.39 Å². The number of benzene rings is 2. The summed E-state index contributed by atoms with van der Waals surface area (Å²) in [5.74, 6) is -0.197. The van der Waals surface area contributed by atoms with Crippen LogP contribution in [0.15, 0.2) is 76.3 Å². The Hall–Kier alpha value is -3.97. The van der Waals surface area contributed by atoms with Crippen molar-refractivity contribution in [1.82, 2.24) is 19.9 Å². The van der Waals surface area contributed by atoms with Crippen molar-refractivity contribution < 1.29 is 32.4 Å². The first-order valence-corrected chi connectivity index (χ1v) is 13.3. The summed E-state index contributed by atoms with van der Waals surface area (Å²) in [5.41, 5.74) is 3.42. The summed E-state index contributed by atoms with van der Waals surface area (Å²) in [4.78, 5) is 38.8. The van der Waals surface area contributed by atoms with Crippen molar-refractivity contribution in [3.05, 3.63) is 110 Å². The minimum absolute atomic E-state index is 0. The molecular formula is C27H17BrCuFN6O2S2. The molecule has 0 fully saturated rings. The number of fused-ring (bicyclic) bond motifs is 2. The third-order valence-electron chi connectivity index (χ3n) is 5.15. The molecule has 0 bridgehead atoms. The molecule has 0 amide bonds. The maximum Gasteiger partial charge on any atom is 1.00 e. The molecule has 204 valence electrons. The molecule has 0 saturated heterocycles. The van der Waals surface area contributed by atoms with Gasteiger partial charge in [-0.25, -0.2) is 9.97 Å². The number of carbonyl (C=O) groups excluding carboxylic acids is 2. The number of hydrogen-bond acceptors (Lipinski definition) is 8. The topological polar surface area (TPSA) is 139 Å². The van der Waals surface area contributed by atoms with E-state index >= 15 is 0 Å². The van der Waals surface area contributed by atoms with E-state index in [-0.39, 0.29) is 34.3 Å². The first kappa shape index (κ1) is 30.6. The summed E-state index contributed by atoms with van der Waals surface area (Å²) in [6.07, 6.45) is 3.42. The van der Waals surface area contributed by atoms with Crippen LogP contribution in [0.25, 0.3) is 21.8 Å². The molecule has 13 heteroatoms. The number of carbonyl (C=O) groups is 2. The normalized spacial score (nSPS) is 9.82. The van der Waals surface area contributed by atoms with Gasteiger partial charge >= 0.3 is 17.1 Å². The van der Waals surface area contributed by atoms with E-state index in [1.165, 1.54) is 22.7 Å². The molecule has 8 nitrogen and oxygen atoms in total. The van der Waals surface area contributed by atoms with E-state index in [4.69, 9.17) is 18.5 Å². The molecule has 2 aromatic carbocycles. The fourth-order valence-electron chi connectivity index (χ4n) is 3.54. The number of H-pyrrole nitrogens is 2. The van der Waals surface area contributed by atoms with E-state index in [1.54, 1.807) is 17.8 Å². The quantitative estimate of drug-likeness (QED) is 0.116. The number of hydrogen-bond donors (Lipinski definition) is 2. The minimum Gasteiger partial charge on any atom is -0.512 e. The SMILES string of the molecule is N#Cc1csc(C(=O)c2c[nH]c3ccccc23)n1.O=C(c1nc(Br)cs1)c1c[nH]c2ccccc12.[2H]CF.[C-]#N.[Cu+]. The summed E-state index contributed by atoms with van der Waals surface area (Å²) < 4.78 is 16.2. The van der Waals surface area contributed by atoms with E-state index < -0.39 is 7.15 Å². The predicted molar refractivity (Wildman–Crippen MR) is 152 cm³/mol. The Bertz CT molecular complexity index is 1820. The maximum absolute atomic E-state index is 12.3. The molecule has 0 saturated carbocycles. The molecule has 40 heavy (non-hydrogen) atoms. The number of ketones is 2. The number of nitrogens with one attached hydrogen (secondary N) is 2. The molecule has 4 heterocycles. The van der Waals surface area contributed by atoms with Gasteiger partial charge in [-0.3, -0.25) is 14.0 Å². The zero-order valence-electron chi connectivity index (χ0n) is 21.1. The van der Waals surface area contributed by atoms with Gasteiger partial charge in [0.25, 0.3) is 0 Å². The zero-order chi connectivity index (χ0) is 29.1. The average molecular weight is 685 g/mol. The average Bonchev–Trinajstić information content (AvgIpc) is 3.80. The Balaban J connectivity index is 0.000000244. The van der Waals surface area contributed by atoms with E-state index in [9.17, 15) is 14.0 Å². The number of nitrogens with zero attached hydrogens (tertiary/aromatic N) is 4. The van der Waals surface area contributed by atoms with Gasteiger partial charge in [-0.1, -0.05) is 36.4 Å². The Morgan fingerprint density at radius 3 is 1.80 bits per heavy atom. The van der Waals surface area contributed by atoms with Crippen LogP contribution in [0.5, 0.6) is 0 Å². The second kappa shape index (κ2) is 15.6. The molecule has 2 N–H and O–H groups in total. The largest absolute Gasteiger partial charge is 1.00 e. The van der Waals surface area contributed by atoms with Crippen LogP contribution in [-0.4, -0.2) is 38.7 Å². The smallest absolute Gasteiger partial charge is 0.512 e. The molecule has 0 spiro atoms. The number of alkyl halides is 1. The van der Waals surface area contributed by atoms with Crippen molar-refractivity contribution in [3.8, 4) is 6.07 Å². The molecule has 6 aromatic rings. The van der Waals surface area contributed by atoms with Gasteiger partial charge in [-0.2, -0.15) is 5.26 Å². The van der Waals surface area contributed by atoms with Crippen molar-refractivity contribution >= 4 is 72.0 Å². The van der Waals surface area contributed by atoms with Crippen LogP contribution in [0.2, 0.25) is 0 Å². The third kappa shape index (κ3) is 7.16. The standard InChI is InChI=1S/C13H7N3OS.C12H7BrN2OS.CH3F.CN.Cu/c14-5-8-7-18-13(16-8)12(17)10-6-15-11-4-2-1-3-9(10)11;13-10-6-17-12(15-10)11(16)8-5-14-9-4-2-1-3-7(8)9;2*1-2;/h1-4,6-7,15H;1-6,14H;1H3;;/q;;;-1;+1/i;;1D;;. The number of thiazole rings is 2. The summed E-state index contributed by atoms with van der Waals surface area (Å²) in [7, 11) is -1.00. The van der Waals surface area contributed by atoms with Gasteiger partial charge in [0.05, 0.1) is 19.7 Å². The number of para-hydroxylation sites is 2. The van der Waals surface area contributed by atoms with Crippen LogP contribution >= 0.6 is 38.6 Å². The number of aromatic nitrogens is 4. The molecular weight excluding hydrogens is 667 g/mol. The van der Waals surface area contributed by atoms with Crippen molar-refractivity contribution in [3.63, 3.8) is 0 Å². The number of aromatic amines is 2. The Morgan fingerprint density at radius 1 is 0.925 bits per heavy atom. The van der Waals surface area contributed by atoms with Gasteiger partial charge in [-0.15, -0.1) is 22.7 Å². The van der Waals surface area contributed by atoms with Crippen LogP contribution in [-0.2, 0) is 17.1 Å². The van der Waals surface area contributed by atoms with Crippen LogP contribution < -0.4 is 0 Å². The Labute approximate surface area is 256 Å². The van der Waals surface area contributed by atoms with Crippen molar-refractivity contribution in [2.24, 2.45) is 0 Å². The van der Waals surface area contributed by atoms with E-state index in [0.29, 0.717) is 25.7 Å². The third-order valence-corrected chi connectivity index (χ3v) is 7.54. The fraction of sp³-hybridized carbons (Fsp3) is 0.0370. The van der Waals surface area contributed by atoms with Gasteiger partial charge < -0.3 is 21.8 Å².